The second kappa shape index (κ2) is 10.2. The van der Waals surface area contributed by atoms with Crippen LogP contribution >= 0.6 is 0 Å². The molecule has 0 amide bonds. The Morgan fingerprint density at radius 2 is 1.83 bits per heavy atom. The van der Waals surface area contributed by atoms with Crippen LogP contribution in [0.25, 0.3) is 0 Å². The lowest BCUT2D eigenvalue weighted by atomic mass is 9.77. The SMILES string of the molecule is C=CCCCCOCCC1CCC(c2ccc(C#N)cc2)CC1. The first-order valence-electron chi connectivity index (χ1n) is 9.02. The fourth-order valence-corrected chi connectivity index (χ4v) is 3.46. The maximum atomic E-state index is 8.87. The van der Waals surface area contributed by atoms with Gasteiger partial charge in [-0.25, -0.2) is 0 Å². The van der Waals surface area contributed by atoms with Crippen molar-refractivity contribution in [3.63, 3.8) is 0 Å². The van der Waals surface area contributed by atoms with E-state index in [1.54, 1.807) is 0 Å². The first-order chi connectivity index (χ1) is 11.3. The van der Waals surface area contributed by atoms with E-state index < -0.39 is 0 Å². The van der Waals surface area contributed by atoms with Crippen molar-refractivity contribution in [2.24, 2.45) is 5.92 Å². The van der Waals surface area contributed by atoms with Gasteiger partial charge in [0, 0.05) is 13.2 Å². The Morgan fingerprint density at radius 1 is 1.09 bits per heavy atom. The van der Waals surface area contributed by atoms with Crippen molar-refractivity contribution in [2.75, 3.05) is 13.2 Å². The van der Waals surface area contributed by atoms with Crippen LogP contribution in [0.2, 0.25) is 0 Å². The second-order valence-corrected chi connectivity index (χ2v) is 6.64. The Hall–Kier alpha value is -1.59. The molecule has 0 radical (unpaired) electrons. The fraction of sp³-hybridized carbons (Fsp3) is 0.571. The van der Waals surface area contributed by atoms with Gasteiger partial charge in [0.15, 0.2) is 0 Å². The van der Waals surface area contributed by atoms with Gasteiger partial charge in [-0.05, 0) is 80.9 Å². The number of hydrogen-bond acceptors (Lipinski definition) is 2. The van der Waals surface area contributed by atoms with Crippen LogP contribution in [0.15, 0.2) is 36.9 Å². The normalized spacial score (nSPS) is 20.8. The Labute approximate surface area is 141 Å². The summed E-state index contributed by atoms with van der Waals surface area (Å²) in [5.41, 5.74) is 2.16. The summed E-state index contributed by atoms with van der Waals surface area (Å²) in [7, 11) is 0. The van der Waals surface area contributed by atoms with Crippen LogP contribution in [0, 0.1) is 17.2 Å². The molecule has 1 aromatic carbocycles. The summed E-state index contributed by atoms with van der Waals surface area (Å²) in [6.07, 6.45) is 11.8. The minimum Gasteiger partial charge on any atom is -0.381 e. The number of ether oxygens (including phenoxy) is 1. The molecule has 1 fully saturated rings. The maximum Gasteiger partial charge on any atom is 0.0991 e. The van der Waals surface area contributed by atoms with E-state index in [9.17, 15) is 0 Å². The number of allylic oxidation sites excluding steroid dienone is 1. The van der Waals surface area contributed by atoms with Crippen molar-refractivity contribution in [1.82, 2.24) is 0 Å². The van der Waals surface area contributed by atoms with Gasteiger partial charge in [0.1, 0.15) is 0 Å². The number of rotatable bonds is 9. The van der Waals surface area contributed by atoms with Gasteiger partial charge in [0.05, 0.1) is 11.6 Å². The molecule has 0 N–H and O–H groups in total. The largest absolute Gasteiger partial charge is 0.381 e. The van der Waals surface area contributed by atoms with Crippen LogP contribution in [0.4, 0.5) is 0 Å². The predicted octanol–water partition coefficient (Wildman–Crippen LogP) is 5.60. The number of unbranched alkanes of at least 4 members (excludes halogenated alkanes) is 2. The average molecular weight is 311 g/mol. The lowest BCUT2D eigenvalue weighted by Crippen LogP contribution is -2.15. The molecule has 0 bridgehead atoms. The summed E-state index contributed by atoms with van der Waals surface area (Å²) in [5, 5.41) is 8.87. The summed E-state index contributed by atoms with van der Waals surface area (Å²) in [6.45, 7) is 5.55. The van der Waals surface area contributed by atoms with Gasteiger partial charge < -0.3 is 4.74 Å². The van der Waals surface area contributed by atoms with E-state index in [1.165, 1.54) is 44.1 Å². The average Bonchev–Trinajstić information content (AvgIpc) is 2.61. The molecule has 0 atom stereocenters. The molecule has 2 heteroatoms. The van der Waals surface area contributed by atoms with Crippen LogP contribution in [-0.2, 0) is 4.74 Å². The summed E-state index contributed by atoms with van der Waals surface area (Å²) in [4.78, 5) is 0. The zero-order valence-electron chi connectivity index (χ0n) is 14.2. The predicted molar refractivity (Wildman–Crippen MR) is 95.3 cm³/mol. The Bertz CT molecular complexity index is 492. The van der Waals surface area contributed by atoms with Crippen LogP contribution in [-0.4, -0.2) is 13.2 Å². The van der Waals surface area contributed by atoms with E-state index in [1.807, 2.05) is 18.2 Å². The molecule has 2 rings (SSSR count). The molecule has 23 heavy (non-hydrogen) atoms. The first kappa shape index (κ1) is 17.8. The highest BCUT2D eigenvalue weighted by molar-refractivity contribution is 5.33. The highest BCUT2D eigenvalue weighted by atomic mass is 16.5. The molecular formula is C21H29NO. The van der Waals surface area contributed by atoms with Crippen LogP contribution in [0.1, 0.15) is 68.4 Å². The summed E-state index contributed by atoms with van der Waals surface area (Å²) < 4.78 is 5.76. The van der Waals surface area contributed by atoms with Gasteiger partial charge >= 0.3 is 0 Å². The highest BCUT2D eigenvalue weighted by Gasteiger charge is 2.22. The quantitative estimate of drug-likeness (QED) is 0.439. The molecule has 1 aromatic rings. The van der Waals surface area contributed by atoms with Gasteiger partial charge in [-0.3, -0.25) is 0 Å². The lowest BCUT2D eigenvalue weighted by Gasteiger charge is -2.28. The van der Waals surface area contributed by atoms with Crippen molar-refractivity contribution in [1.29, 1.82) is 5.26 Å². The number of nitrogens with zero attached hydrogens (tertiary/aromatic N) is 1. The molecule has 124 valence electrons. The van der Waals surface area contributed by atoms with E-state index >= 15 is 0 Å². The smallest absolute Gasteiger partial charge is 0.0991 e. The second-order valence-electron chi connectivity index (χ2n) is 6.64. The van der Waals surface area contributed by atoms with Crippen LogP contribution in [0.3, 0.4) is 0 Å². The van der Waals surface area contributed by atoms with E-state index in [-0.39, 0.29) is 0 Å². The molecule has 1 aliphatic rings. The zero-order chi connectivity index (χ0) is 16.3. The molecule has 0 spiro atoms. The third-order valence-electron chi connectivity index (χ3n) is 4.98. The molecule has 1 saturated carbocycles. The lowest BCUT2D eigenvalue weighted by molar-refractivity contribution is 0.109. The Kier molecular flexibility index (Phi) is 7.90. The standard InChI is InChI=1S/C21H29NO/c1-2-3-4-5-15-23-16-14-18-6-10-20(11-7-18)21-12-8-19(17-22)9-13-21/h2,8-9,12-13,18,20H,1,3-7,10-11,14-16H2. The molecule has 2 nitrogen and oxygen atoms in total. The van der Waals surface area contributed by atoms with Gasteiger partial charge in [0.2, 0.25) is 0 Å². The Balaban J connectivity index is 1.60. The number of benzene rings is 1. The third kappa shape index (κ3) is 6.20. The fourth-order valence-electron chi connectivity index (χ4n) is 3.46. The number of nitriles is 1. The maximum absolute atomic E-state index is 8.87. The molecule has 0 aromatic heterocycles. The summed E-state index contributed by atoms with van der Waals surface area (Å²) >= 11 is 0. The molecule has 0 unspecified atom stereocenters. The van der Waals surface area contributed by atoms with Gasteiger partial charge in [-0.15, -0.1) is 6.58 Å². The Morgan fingerprint density at radius 3 is 2.48 bits per heavy atom. The van der Waals surface area contributed by atoms with Gasteiger partial charge in [0.25, 0.3) is 0 Å². The van der Waals surface area contributed by atoms with Gasteiger partial charge in [-0.1, -0.05) is 18.2 Å². The molecule has 0 saturated heterocycles. The topological polar surface area (TPSA) is 33.0 Å². The van der Waals surface area contributed by atoms with Crippen LogP contribution < -0.4 is 0 Å². The van der Waals surface area contributed by atoms with Crippen molar-refractivity contribution >= 4 is 0 Å². The molecule has 1 aliphatic carbocycles. The molecule has 0 aliphatic heterocycles. The van der Waals surface area contributed by atoms with E-state index in [4.69, 9.17) is 10.00 Å². The van der Waals surface area contributed by atoms with E-state index in [2.05, 4.69) is 24.8 Å². The zero-order valence-corrected chi connectivity index (χ0v) is 14.2. The van der Waals surface area contributed by atoms with Crippen molar-refractivity contribution in [3.05, 3.63) is 48.0 Å². The minimum atomic E-state index is 0.679. The minimum absolute atomic E-state index is 0.679. The first-order valence-corrected chi connectivity index (χ1v) is 9.02. The molecular weight excluding hydrogens is 282 g/mol. The van der Waals surface area contributed by atoms with E-state index in [0.717, 1.165) is 37.5 Å². The van der Waals surface area contributed by atoms with Gasteiger partial charge in [-0.2, -0.15) is 5.26 Å². The third-order valence-corrected chi connectivity index (χ3v) is 4.98. The monoisotopic (exact) mass is 311 g/mol. The van der Waals surface area contributed by atoms with Crippen LogP contribution in [0.5, 0.6) is 0 Å². The van der Waals surface area contributed by atoms with Crippen molar-refractivity contribution in [3.8, 4) is 6.07 Å². The molecule has 0 heterocycles. The number of hydrogen-bond donors (Lipinski definition) is 0. The highest BCUT2D eigenvalue weighted by Crippen LogP contribution is 2.37. The van der Waals surface area contributed by atoms with Crippen molar-refractivity contribution < 1.29 is 4.74 Å². The van der Waals surface area contributed by atoms with Crippen molar-refractivity contribution in [2.45, 2.75) is 57.3 Å². The summed E-state index contributed by atoms with van der Waals surface area (Å²) in [6, 6.07) is 10.4. The summed E-state index contributed by atoms with van der Waals surface area (Å²) in [5.74, 6) is 1.51. The van der Waals surface area contributed by atoms with E-state index in [0.29, 0.717) is 5.92 Å².